The molecule has 1 aliphatic carbocycles. The molecule has 3 rings (SSSR count). The number of nitrogens with one attached hydrogen (secondary N) is 2. The van der Waals surface area contributed by atoms with Crippen molar-refractivity contribution in [3.05, 3.63) is 23.5 Å². The monoisotopic (exact) mass is 234 g/mol. The van der Waals surface area contributed by atoms with E-state index in [-0.39, 0.29) is 5.82 Å². The third kappa shape index (κ3) is 1.99. The molecule has 0 saturated heterocycles. The molecular formula is C14H19FN2. The van der Waals surface area contributed by atoms with Gasteiger partial charge in [-0.1, -0.05) is 12.8 Å². The highest BCUT2D eigenvalue weighted by Gasteiger charge is 2.28. The van der Waals surface area contributed by atoms with Gasteiger partial charge in [0.15, 0.2) is 0 Å². The molecule has 2 unspecified atom stereocenters. The smallest absolute Gasteiger partial charge is 0.128 e. The van der Waals surface area contributed by atoms with Crippen LogP contribution in [0.4, 0.5) is 15.8 Å². The van der Waals surface area contributed by atoms with Crippen LogP contribution in [0.1, 0.15) is 31.2 Å². The van der Waals surface area contributed by atoms with Gasteiger partial charge in [0.2, 0.25) is 0 Å². The molecule has 2 aliphatic rings. The van der Waals surface area contributed by atoms with Crippen molar-refractivity contribution in [2.75, 3.05) is 17.2 Å². The van der Waals surface area contributed by atoms with Gasteiger partial charge in [-0.2, -0.15) is 0 Å². The van der Waals surface area contributed by atoms with Crippen molar-refractivity contribution in [1.29, 1.82) is 0 Å². The Labute approximate surface area is 102 Å². The first kappa shape index (κ1) is 10.9. The zero-order valence-electron chi connectivity index (χ0n) is 10.2. The molecule has 92 valence electrons. The Morgan fingerprint density at radius 1 is 1.18 bits per heavy atom. The van der Waals surface area contributed by atoms with Gasteiger partial charge in [-0.3, -0.25) is 0 Å². The lowest BCUT2D eigenvalue weighted by Gasteiger charge is -2.30. The van der Waals surface area contributed by atoms with Gasteiger partial charge in [0.25, 0.3) is 0 Å². The number of hydrogen-bond acceptors (Lipinski definition) is 2. The molecule has 1 saturated carbocycles. The maximum Gasteiger partial charge on any atom is 0.128 e. The molecule has 0 aromatic heterocycles. The molecule has 2 atom stereocenters. The largest absolute Gasteiger partial charge is 0.383 e. The number of fused-ring (bicyclic) bond motifs is 2. The molecule has 1 aromatic rings. The van der Waals surface area contributed by atoms with E-state index in [2.05, 4.69) is 10.6 Å². The molecule has 0 radical (unpaired) electrons. The van der Waals surface area contributed by atoms with E-state index in [9.17, 15) is 4.39 Å². The summed E-state index contributed by atoms with van der Waals surface area (Å²) in [5.41, 5.74) is 2.70. The minimum Gasteiger partial charge on any atom is -0.383 e. The van der Waals surface area contributed by atoms with E-state index in [1.165, 1.54) is 25.7 Å². The molecule has 3 heteroatoms. The van der Waals surface area contributed by atoms with Crippen molar-refractivity contribution >= 4 is 11.4 Å². The summed E-state index contributed by atoms with van der Waals surface area (Å²) in [6.45, 7) is 2.79. The molecule has 1 aromatic carbocycles. The number of hydrogen-bond donors (Lipinski definition) is 2. The van der Waals surface area contributed by atoms with Crippen LogP contribution in [-0.2, 0) is 0 Å². The molecule has 1 heterocycles. The average Bonchev–Trinajstić information content (AvgIpc) is 2.49. The summed E-state index contributed by atoms with van der Waals surface area (Å²) in [6, 6.07) is 4.10. The minimum absolute atomic E-state index is 0.122. The number of aryl methyl sites for hydroxylation is 1. The van der Waals surface area contributed by atoms with Crippen LogP contribution >= 0.6 is 0 Å². The van der Waals surface area contributed by atoms with E-state index in [0.29, 0.717) is 17.5 Å². The molecule has 0 bridgehead atoms. The Bertz CT molecular complexity index is 430. The third-order valence-electron chi connectivity index (χ3n) is 4.10. The lowest BCUT2D eigenvalue weighted by Crippen LogP contribution is -2.34. The van der Waals surface area contributed by atoms with E-state index >= 15 is 0 Å². The van der Waals surface area contributed by atoms with Crippen LogP contribution in [0.3, 0.4) is 0 Å². The molecule has 1 fully saturated rings. The van der Waals surface area contributed by atoms with Crippen LogP contribution < -0.4 is 10.6 Å². The first-order chi connectivity index (χ1) is 8.24. The van der Waals surface area contributed by atoms with E-state index in [1.807, 2.05) is 13.0 Å². The fraction of sp³-hybridized carbons (Fsp3) is 0.571. The zero-order valence-corrected chi connectivity index (χ0v) is 10.2. The molecule has 2 nitrogen and oxygen atoms in total. The lowest BCUT2D eigenvalue weighted by molar-refractivity contribution is 0.342. The number of rotatable bonds is 0. The summed E-state index contributed by atoms with van der Waals surface area (Å²) in [5.74, 6) is 0.558. The highest BCUT2D eigenvalue weighted by Crippen LogP contribution is 2.35. The van der Waals surface area contributed by atoms with Crippen molar-refractivity contribution in [2.45, 2.75) is 38.6 Å². The summed E-state index contributed by atoms with van der Waals surface area (Å²) < 4.78 is 13.5. The fourth-order valence-corrected chi connectivity index (χ4v) is 3.03. The van der Waals surface area contributed by atoms with Crippen molar-refractivity contribution in [2.24, 2.45) is 5.92 Å². The van der Waals surface area contributed by atoms with E-state index in [1.54, 1.807) is 6.07 Å². The Kier molecular flexibility index (Phi) is 2.69. The first-order valence-electron chi connectivity index (χ1n) is 6.54. The van der Waals surface area contributed by atoms with Crippen LogP contribution in [-0.4, -0.2) is 12.6 Å². The van der Waals surface area contributed by atoms with Crippen LogP contribution in [0.2, 0.25) is 0 Å². The van der Waals surface area contributed by atoms with E-state index in [4.69, 9.17) is 0 Å². The van der Waals surface area contributed by atoms with Crippen molar-refractivity contribution in [3.63, 3.8) is 0 Å². The molecule has 2 N–H and O–H groups in total. The second kappa shape index (κ2) is 4.21. The Morgan fingerprint density at radius 3 is 2.88 bits per heavy atom. The Hall–Kier alpha value is -1.25. The van der Waals surface area contributed by atoms with Crippen molar-refractivity contribution in [1.82, 2.24) is 0 Å². The predicted molar refractivity (Wildman–Crippen MR) is 69.0 cm³/mol. The summed E-state index contributed by atoms with van der Waals surface area (Å²) in [7, 11) is 0. The third-order valence-corrected chi connectivity index (χ3v) is 4.10. The number of halogens is 1. The summed E-state index contributed by atoms with van der Waals surface area (Å²) in [6.07, 6.45) is 5.15. The number of benzene rings is 1. The van der Waals surface area contributed by atoms with Crippen LogP contribution in [0.15, 0.2) is 12.1 Å². The van der Waals surface area contributed by atoms with Gasteiger partial charge < -0.3 is 10.6 Å². The summed E-state index contributed by atoms with van der Waals surface area (Å²) in [5, 5.41) is 6.99. The normalized spacial score (nSPS) is 27.2. The standard InChI is InChI=1S/C14H19FN2/c1-9-6-14-13(7-11(9)15)16-8-10-4-2-3-5-12(10)17-14/h6-7,10,12,16-17H,2-5,8H2,1H3. The predicted octanol–water partition coefficient (Wildman–Crippen LogP) is 3.53. The Morgan fingerprint density at radius 2 is 2.00 bits per heavy atom. The molecule has 0 amide bonds. The maximum atomic E-state index is 13.5. The Balaban J connectivity index is 1.93. The maximum absolute atomic E-state index is 13.5. The van der Waals surface area contributed by atoms with E-state index < -0.39 is 0 Å². The van der Waals surface area contributed by atoms with E-state index in [0.717, 1.165) is 17.9 Å². The second-order valence-corrected chi connectivity index (χ2v) is 5.32. The van der Waals surface area contributed by atoms with Gasteiger partial charge in [0, 0.05) is 12.6 Å². The first-order valence-corrected chi connectivity index (χ1v) is 6.54. The van der Waals surface area contributed by atoms with Gasteiger partial charge in [-0.25, -0.2) is 4.39 Å². The second-order valence-electron chi connectivity index (χ2n) is 5.32. The molecule has 1 aliphatic heterocycles. The molecule has 17 heavy (non-hydrogen) atoms. The van der Waals surface area contributed by atoms with Gasteiger partial charge in [-0.15, -0.1) is 0 Å². The van der Waals surface area contributed by atoms with Gasteiger partial charge in [0.1, 0.15) is 5.82 Å². The highest BCUT2D eigenvalue weighted by molar-refractivity contribution is 5.71. The van der Waals surface area contributed by atoms with Gasteiger partial charge in [-0.05, 0) is 43.4 Å². The van der Waals surface area contributed by atoms with Crippen LogP contribution in [0.5, 0.6) is 0 Å². The minimum atomic E-state index is -0.122. The van der Waals surface area contributed by atoms with Gasteiger partial charge in [0.05, 0.1) is 11.4 Å². The average molecular weight is 234 g/mol. The SMILES string of the molecule is Cc1cc2c(cc1F)NCC1CCCCC1N2. The summed E-state index contributed by atoms with van der Waals surface area (Å²) >= 11 is 0. The highest BCUT2D eigenvalue weighted by atomic mass is 19.1. The van der Waals surface area contributed by atoms with Crippen molar-refractivity contribution < 1.29 is 4.39 Å². The van der Waals surface area contributed by atoms with Crippen LogP contribution in [0.25, 0.3) is 0 Å². The van der Waals surface area contributed by atoms with Crippen molar-refractivity contribution in [3.8, 4) is 0 Å². The van der Waals surface area contributed by atoms with Crippen LogP contribution in [0, 0.1) is 18.7 Å². The fourth-order valence-electron chi connectivity index (χ4n) is 3.03. The quantitative estimate of drug-likeness (QED) is 0.717. The lowest BCUT2D eigenvalue weighted by atomic mass is 9.84. The topological polar surface area (TPSA) is 24.1 Å². The molecular weight excluding hydrogens is 215 g/mol. The summed E-state index contributed by atoms with van der Waals surface area (Å²) in [4.78, 5) is 0. The molecule has 0 spiro atoms. The van der Waals surface area contributed by atoms with Gasteiger partial charge >= 0.3 is 0 Å². The number of anilines is 2. The zero-order chi connectivity index (χ0) is 11.8.